The fourth-order valence-electron chi connectivity index (χ4n) is 0.785. The van der Waals surface area contributed by atoms with E-state index in [9.17, 15) is 19.2 Å². The number of carbonyl (C=O) groups is 4. The molecule has 0 aromatic carbocycles. The number of aliphatic hydroxyl groups is 2. The zero-order valence-corrected chi connectivity index (χ0v) is 13.2. The van der Waals surface area contributed by atoms with Crippen LogP contribution in [0.3, 0.4) is 0 Å². The third-order valence-electron chi connectivity index (χ3n) is 2.05. The van der Waals surface area contributed by atoms with Crippen molar-refractivity contribution in [3.8, 4) is 0 Å². The van der Waals surface area contributed by atoms with Gasteiger partial charge in [0, 0.05) is 11.1 Å². The topological polar surface area (TPSA) is 168 Å². The van der Waals surface area contributed by atoms with Gasteiger partial charge in [0.2, 0.25) is 0 Å². The van der Waals surface area contributed by atoms with E-state index in [1.807, 2.05) is 0 Å². The molecule has 0 aromatic rings. The van der Waals surface area contributed by atoms with E-state index in [-0.39, 0.29) is 13.2 Å². The first-order valence-corrected chi connectivity index (χ1v) is 6.38. The van der Waals surface area contributed by atoms with Crippen LogP contribution in [0.25, 0.3) is 0 Å². The molecule has 0 rings (SSSR count). The summed E-state index contributed by atoms with van der Waals surface area (Å²) in [7, 11) is 0. The van der Waals surface area contributed by atoms with Crippen molar-refractivity contribution >= 4 is 23.9 Å². The van der Waals surface area contributed by atoms with Crippen molar-refractivity contribution in [2.45, 2.75) is 26.1 Å². The molecule has 0 aliphatic heterocycles. The molecule has 0 fully saturated rings. The van der Waals surface area contributed by atoms with Gasteiger partial charge >= 0.3 is 23.9 Å². The first-order valence-electron chi connectivity index (χ1n) is 6.38. The SMILES string of the molecule is C=C(C)C(=O)OCCOC(=O)C(=C)C.O=C(O)C(O)C(O)C(=O)O. The lowest BCUT2D eigenvalue weighted by molar-refractivity contribution is -0.165. The Morgan fingerprint density at radius 1 is 0.792 bits per heavy atom. The Hall–Kier alpha value is -2.72. The minimum absolute atomic E-state index is 0.0325. The molecule has 0 saturated heterocycles. The molecule has 136 valence electrons. The molecule has 2 unspecified atom stereocenters. The number of hydrogen-bond donors (Lipinski definition) is 4. The van der Waals surface area contributed by atoms with Gasteiger partial charge in [-0.15, -0.1) is 0 Å². The second-order valence-electron chi connectivity index (χ2n) is 4.40. The first kappa shape index (κ1) is 23.5. The fraction of sp³-hybridized carbons (Fsp3) is 0.429. The highest BCUT2D eigenvalue weighted by atomic mass is 16.6. The molecule has 0 heterocycles. The number of aliphatic carboxylic acids is 2. The maximum Gasteiger partial charge on any atom is 0.335 e. The molecule has 2 atom stereocenters. The van der Waals surface area contributed by atoms with Gasteiger partial charge in [0.25, 0.3) is 0 Å². The van der Waals surface area contributed by atoms with E-state index in [2.05, 4.69) is 22.6 Å². The molecular weight excluding hydrogens is 328 g/mol. The second-order valence-corrected chi connectivity index (χ2v) is 4.40. The highest BCUT2D eigenvalue weighted by molar-refractivity contribution is 5.87. The number of carbonyl (C=O) groups excluding carboxylic acids is 2. The molecule has 10 heteroatoms. The van der Waals surface area contributed by atoms with Crippen LogP contribution >= 0.6 is 0 Å². The van der Waals surface area contributed by atoms with Crippen molar-refractivity contribution in [2.75, 3.05) is 13.2 Å². The molecule has 10 nitrogen and oxygen atoms in total. The Bertz CT molecular complexity index is 462. The van der Waals surface area contributed by atoms with Gasteiger partial charge in [-0.2, -0.15) is 0 Å². The fourth-order valence-corrected chi connectivity index (χ4v) is 0.785. The minimum Gasteiger partial charge on any atom is -0.479 e. The van der Waals surface area contributed by atoms with Crippen LogP contribution in [0.5, 0.6) is 0 Å². The Morgan fingerprint density at radius 3 is 1.21 bits per heavy atom. The van der Waals surface area contributed by atoms with Gasteiger partial charge in [0.1, 0.15) is 13.2 Å². The molecule has 0 amide bonds. The summed E-state index contributed by atoms with van der Waals surface area (Å²) in [5.74, 6) is -4.52. The average Bonchev–Trinajstić information content (AvgIpc) is 2.49. The second kappa shape index (κ2) is 11.8. The zero-order valence-electron chi connectivity index (χ0n) is 13.2. The lowest BCUT2D eigenvalue weighted by Gasteiger charge is -2.07. The predicted octanol–water partition coefficient (Wildman–Crippen LogP) is -0.898. The number of aliphatic hydroxyl groups excluding tert-OH is 2. The highest BCUT2D eigenvalue weighted by Gasteiger charge is 2.29. The van der Waals surface area contributed by atoms with Crippen LogP contribution in [-0.4, -0.2) is 69.7 Å². The maximum absolute atomic E-state index is 10.8. The van der Waals surface area contributed by atoms with Crippen LogP contribution in [0, 0.1) is 0 Å². The van der Waals surface area contributed by atoms with Gasteiger partial charge in [0.05, 0.1) is 0 Å². The number of hydrogen-bond acceptors (Lipinski definition) is 8. The van der Waals surface area contributed by atoms with Crippen molar-refractivity contribution in [2.24, 2.45) is 0 Å². The van der Waals surface area contributed by atoms with E-state index in [0.717, 1.165) is 0 Å². The maximum atomic E-state index is 10.8. The van der Waals surface area contributed by atoms with E-state index in [1.165, 1.54) is 0 Å². The molecule has 0 bridgehead atoms. The predicted molar refractivity (Wildman–Crippen MR) is 78.8 cm³/mol. The smallest absolute Gasteiger partial charge is 0.335 e. The number of rotatable bonds is 8. The van der Waals surface area contributed by atoms with Crippen molar-refractivity contribution in [1.29, 1.82) is 0 Å². The van der Waals surface area contributed by atoms with Crippen LogP contribution < -0.4 is 0 Å². The lowest BCUT2D eigenvalue weighted by atomic mass is 10.2. The van der Waals surface area contributed by atoms with Crippen molar-refractivity contribution in [3.63, 3.8) is 0 Å². The van der Waals surface area contributed by atoms with Crippen LogP contribution in [0.4, 0.5) is 0 Å². The summed E-state index contributed by atoms with van der Waals surface area (Å²) >= 11 is 0. The standard InChI is InChI=1S/C10H14O4.C4H6O6/c1-7(2)9(11)13-5-6-14-10(12)8(3)4;5-1(3(7)8)2(6)4(9)10/h1,3,5-6H2,2,4H3;1-2,5-6H,(H,7,8)(H,9,10). The van der Waals surface area contributed by atoms with Gasteiger partial charge < -0.3 is 29.9 Å². The summed E-state index contributed by atoms with van der Waals surface area (Å²) in [6.45, 7) is 9.95. The Kier molecular flexibility index (Phi) is 11.6. The highest BCUT2D eigenvalue weighted by Crippen LogP contribution is 1.94. The lowest BCUT2D eigenvalue weighted by Crippen LogP contribution is -2.39. The van der Waals surface area contributed by atoms with E-state index in [4.69, 9.17) is 20.4 Å². The summed E-state index contributed by atoms with van der Waals surface area (Å²) in [4.78, 5) is 41.2. The van der Waals surface area contributed by atoms with Crippen LogP contribution in [0.2, 0.25) is 0 Å². The van der Waals surface area contributed by atoms with Gasteiger partial charge in [-0.25, -0.2) is 19.2 Å². The van der Waals surface area contributed by atoms with E-state index >= 15 is 0 Å². The molecule has 0 aliphatic carbocycles. The summed E-state index contributed by atoms with van der Waals surface area (Å²) in [5.41, 5.74) is 0.632. The number of ether oxygens (including phenoxy) is 2. The summed E-state index contributed by atoms with van der Waals surface area (Å²) in [5, 5.41) is 32.5. The van der Waals surface area contributed by atoms with E-state index in [0.29, 0.717) is 11.1 Å². The molecule has 24 heavy (non-hydrogen) atoms. The minimum atomic E-state index is -2.27. The van der Waals surface area contributed by atoms with Gasteiger partial charge in [0.15, 0.2) is 12.2 Å². The third kappa shape index (κ3) is 10.9. The quantitative estimate of drug-likeness (QED) is 0.245. The Labute approximate surface area is 137 Å². The van der Waals surface area contributed by atoms with E-state index < -0.39 is 36.1 Å². The van der Waals surface area contributed by atoms with Gasteiger partial charge in [-0.3, -0.25) is 0 Å². The van der Waals surface area contributed by atoms with Crippen LogP contribution in [0.1, 0.15) is 13.8 Å². The van der Waals surface area contributed by atoms with Crippen LogP contribution in [-0.2, 0) is 28.7 Å². The summed E-state index contributed by atoms with van der Waals surface area (Å²) in [6, 6.07) is 0. The molecule has 0 spiro atoms. The average molecular weight is 348 g/mol. The summed E-state index contributed by atoms with van der Waals surface area (Å²) < 4.78 is 9.38. The van der Waals surface area contributed by atoms with Crippen LogP contribution in [0.15, 0.2) is 24.3 Å². The van der Waals surface area contributed by atoms with Crippen molar-refractivity contribution < 1.29 is 49.1 Å². The molecular formula is C14H20O10. The summed E-state index contributed by atoms with van der Waals surface area (Å²) in [6.07, 6.45) is -4.53. The molecule has 0 aromatic heterocycles. The van der Waals surface area contributed by atoms with E-state index in [1.54, 1.807) is 13.8 Å². The molecule has 4 N–H and O–H groups in total. The van der Waals surface area contributed by atoms with Gasteiger partial charge in [-0.1, -0.05) is 13.2 Å². The Balaban J connectivity index is 0. The zero-order chi connectivity index (χ0) is 19.4. The van der Waals surface area contributed by atoms with Crippen molar-refractivity contribution in [3.05, 3.63) is 24.3 Å². The largest absolute Gasteiger partial charge is 0.479 e. The Morgan fingerprint density at radius 2 is 1.04 bits per heavy atom. The molecule has 0 radical (unpaired) electrons. The van der Waals surface area contributed by atoms with Gasteiger partial charge in [-0.05, 0) is 13.8 Å². The first-order chi connectivity index (χ1) is 10.9. The van der Waals surface area contributed by atoms with Crippen molar-refractivity contribution in [1.82, 2.24) is 0 Å². The normalized spacial score (nSPS) is 11.8. The number of carboxylic acids is 2. The molecule has 0 aliphatic rings. The molecule has 0 saturated carbocycles. The number of esters is 2. The monoisotopic (exact) mass is 348 g/mol. The third-order valence-corrected chi connectivity index (χ3v) is 2.05. The number of carboxylic acid groups (broad SMARTS) is 2.